The molecule has 1 rings (SSSR count). The van der Waals surface area contributed by atoms with Gasteiger partial charge in [0, 0.05) is 0 Å². The second kappa shape index (κ2) is 4.54. The first-order valence-corrected chi connectivity index (χ1v) is 4.21. The molecule has 0 aromatic heterocycles. The number of hydrogen-bond acceptors (Lipinski definition) is 3. The Bertz CT molecular complexity index is 515. The minimum Gasteiger partial charge on any atom is -0.489 e. The molecule has 0 bridgehead atoms. The molecule has 0 aliphatic rings. The molecule has 1 aromatic rings. The van der Waals surface area contributed by atoms with Gasteiger partial charge in [-0.1, -0.05) is 0 Å². The van der Waals surface area contributed by atoms with E-state index in [2.05, 4.69) is 4.74 Å². The highest BCUT2D eigenvalue weighted by Gasteiger charge is 2.26. The lowest BCUT2D eigenvalue weighted by Crippen LogP contribution is -2.06. The van der Waals surface area contributed by atoms with Crippen LogP contribution < -0.4 is 4.74 Å². The van der Waals surface area contributed by atoms with E-state index in [-0.39, 0.29) is 6.61 Å². The minimum atomic E-state index is -1.65. The Morgan fingerprint density at radius 2 is 1.56 bits per heavy atom. The monoisotopic (exact) mass is 226 g/mol. The Balaban J connectivity index is 3.66. The summed E-state index contributed by atoms with van der Waals surface area (Å²) in [5.41, 5.74) is -1.94. The van der Waals surface area contributed by atoms with Crippen LogP contribution in [0.15, 0.2) is 0 Å². The van der Waals surface area contributed by atoms with E-state index >= 15 is 0 Å². The van der Waals surface area contributed by atoms with Gasteiger partial charge in [-0.25, -0.2) is 8.78 Å². The van der Waals surface area contributed by atoms with Crippen LogP contribution in [0.25, 0.3) is 0 Å². The second-order valence-corrected chi connectivity index (χ2v) is 2.68. The van der Waals surface area contributed by atoms with Crippen molar-refractivity contribution in [3.8, 4) is 17.9 Å². The van der Waals surface area contributed by atoms with E-state index in [9.17, 15) is 13.2 Å². The third-order valence-electron chi connectivity index (χ3n) is 1.79. The standard InChI is InChI=1S/C10H5F3N2O/c1-2-16-10-6(4-15)7(11)5(3-14)8(12)9(10)13/h2H2,1H3. The highest BCUT2D eigenvalue weighted by Crippen LogP contribution is 2.30. The summed E-state index contributed by atoms with van der Waals surface area (Å²) >= 11 is 0. The van der Waals surface area contributed by atoms with Crippen molar-refractivity contribution in [2.75, 3.05) is 6.61 Å². The van der Waals surface area contributed by atoms with Crippen LogP contribution in [-0.4, -0.2) is 6.61 Å². The predicted molar refractivity (Wildman–Crippen MR) is 46.9 cm³/mol. The zero-order valence-electron chi connectivity index (χ0n) is 8.14. The number of nitriles is 2. The zero-order chi connectivity index (χ0) is 12.3. The van der Waals surface area contributed by atoms with Crippen molar-refractivity contribution in [3.05, 3.63) is 28.6 Å². The molecule has 82 valence electrons. The van der Waals surface area contributed by atoms with E-state index in [0.717, 1.165) is 6.07 Å². The molecule has 0 amide bonds. The number of halogens is 3. The summed E-state index contributed by atoms with van der Waals surface area (Å²) < 4.78 is 44.4. The fourth-order valence-electron chi connectivity index (χ4n) is 1.12. The first-order valence-electron chi connectivity index (χ1n) is 4.21. The minimum absolute atomic E-state index is 0.0591. The van der Waals surface area contributed by atoms with Gasteiger partial charge in [-0.2, -0.15) is 14.9 Å². The molecule has 0 aliphatic carbocycles. The molecule has 0 atom stereocenters. The van der Waals surface area contributed by atoms with E-state index in [1.54, 1.807) is 0 Å². The van der Waals surface area contributed by atoms with Crippen molar-refractivity contribution >= 4 is 0 Å². The number of rotatable bonds is 2. The van der Waals surface area contributed by atoms with Crippen molar-refractivity contribution in [3.63, 3.8) is 0 Å². The molecule has 0 aliphatic heterocycles. The highest BCUT2D eigenvalue weighted by atomic mass is 19.2. The van der Waals surface area contributed by atoms with Gasteiger partial charge in [0.15, 0.2) is 17.4 Å². The molecule has 3 nitrogen and oxygen atoms in total. The van der Waals surface area contributed by atoms with E-state index in [1.165, 1.54) is 13.0 Å². The third-order valence-corrected chi connectivity index (χ3v) is 1.79. The summed E-state index contributed by atoms with van der Waals surface area (Å²) in [6.07, 6.45) is 0. The van der Waals surface area contributed by atoms with Crippen LogP contribution in [0.1, 0.15) is 18.1 Å². The van der Waals surface area contributed by atoms with Crippen LogP contribution in [0.4, 0.5) is 13.2 Å². The summed E-state index contributed by atoms with van der Waals surface area (Å²) in [7, 11) is 0. The SMILES string of the molecule is CCOc1c(F)c(F)c(C#N)c(F)c1C#N. The highest BCUT2D eigenvalue weighted by molar-refractivity contribution is 5.51. The lowest BCUT2D eigenvalue weighted by molar-refractivity contribution is 0.309. The summed E-state index contributed by atoms with van der Waals surface area (Å²) in [4.78, 5) is 0. The fourth-order valence-corrected chi connectivity index (χ4v) is 1.12. The van der Waals surface area contributed by atoms with E-state index in [4.69, 9.17) is 10.5 Å². The van der Waals surface area contributed by atoms with Crippen molar-refractivity contribution in [1.82, 2.24) is 0 Å². The van der Waals surface area contributed by atoms with E-state index in [0.29, 0.717) is 0 Å². The molecule has 16 heavy (non-hydrogen) atoms. The topological polar surface area (TPSA) is 56.8 Å². The van der Waals surface area contributed by atoms with Crippen LogP contribution in [0.2, 0.25) is 0 Å². The van der Waals surface area contributed by atoms with E-state index in [1.807, 2.05) is 0 Å². The fraction of sp³-hybridized carbons (Fsp3) is 0.200. The van der Waals surface area contributed by atoms with Crippen LogP contribution >= 0.6 is 0 Å². The van der Waals surface area contributed by atoms with Gasteiger partial charge in [-0.3, -0.25) is 0 Å². The van der Waals surface area contributed by atoms with Crippen molar-refractivity contribution < 1.29 is 17.9 Å². The Kier molecular flexibility index (Phi) is 3.37. The average molecular weight is 226 g/mol. The van der Waals surface area contributed by atoms with Crippen LogP contribution in [0.3, 0.4) is 0 Å². The van der Waals surface area contributed by atoms with Crippen LogP contribution in [0, 0.1) is 40.1 Å². The summed E-state index contributed by atoms with van der Waals surface area (Å²) in [5.74, 6) is -5.40. The Labute approximate surface area is 89.3 Å². The lowest BCUT2D eigenvalue weighted by atomic mass is 10.1. The number of ether oxygens (including phenoxy) is 1. The Morgan fingerprint density at radius 3 is 2.00 bits per heavy atom. The van der Waals surface area contributed by atoms with E-state index < -0.39 is 34.3 Å². The summed E-state index contributed by atoms with van der Waals surface area (Å²) in [6.45, 7) is 1.41. The second-order valence-electron chi connectivity index (χ2n) is 2.68. The molecule has 0 saturated heterocycles. The van der Waals surface area contributed by atoms with Gasteiger partial charge in [0.1, 0.15) is 23.3 Å². The van der Waals surface area contributed by atoms with Gasteiger partial charge < -0.3 is 4.74 Å². The predicted octanol–water partition coefficient (Wildman–Crippen LogP) is 2.25. The van der Waals surface area contributed by atoms with Gasteiger partial charge in [-0.05, 0) is 6.92 Å². The van der Waals surface area contributed by atoms with Gasteiger partial charge in [0.2, 0.25) is 5.82 Å². The van der Waals surface area contributed by atoms with Gasteiger partial charge in [0.25, 0.3) is 0 Å². The molecule has 0 heterocycles. The molecular weight excluding hydrogens is 221 g/mol. The molecule has 0 unspecified atom stereocenters. The molecule has 1 aromatic carbocycles. The maximum absolute atomic E-state index is 13.4. The largest absolute Gasteiger partial charge is 0.489 e. The first-order chi connectivity index (χ1) is 7.58. The Morgan fingerprint density at radius 1 is 1.00 bits per heavy atom. The molecule has 0 spiro atoms. The molecule has 0 fully saturated rings. The first kappa shape index (κ1) is 11.9. The Hall–Kier alpha value is -2.21. The lowest BCUT2D eigenvalue weighted by Gasteiger charge is -2.09. The van der Waals surface area contributed by atoms with Gasteiger partial charge in [0.05, 0.1) is 6.61 Å². The molecule has 0 radical (unpaired) electrons. The number of nitrogens with zero attached hydrogens (tertiary/aromatic N) is 2. The molecule has 6 heteroatoms. The maximum atomic E-state index is 13.4. The summed E-state index contributed by atoms with van der Waals surface area (Å²) in [6, 6.07) is 2.49. The van der Waals surface area contributed by atoms with Crippen LogP contribution in [0.5, 0.6) is 5.75 Å². The average Bonchev–Trinajstić information content (AvgIpc) is 2.27. The van der Waals surface area contributed by atoms with Crippen LogP contribution in [-0.2, 0) is 0 Å². The van der Waals surface area contributed by atoms with Gasteiger partial charge in [-0.15, -0.1) is 0 Å². The smallest absolute Gasteiger partial charge is 0.203 e. The normalized spacial score (nSPS) is 9.38. The summed E-state index contributed by atoms with van der Waals surface area (Å²) in [5, 5.41) is 17.0. The molecular formula is C10H5F3N2O. The number of hydrogen-bond donors (Lipinski definition) is 0. The van der Waals surface area contributed by atoms with Crippen molar-refractivity contribution in [2.45, 2.75) is 6.92 Å². The van der Waals surface area contributed by atoms with Gasteiger partial charge >= 0.3 is 0 Å². The zero-order valence-corrected chi connectivity index (χ0v) is 8.14. The molecule has 0 N–H and O–H groups in total. The van der Waals surface area contributed by atoms with Crippen molar-refractivity contribution in [1.29, 1.82) is 10.5 Å². The quantitative estimate of drug-likeness (QED) is 0.726. The van der Waals surface area contributed by atoms with Crippen molar-refractivity contribution in [2.24, 2.45) is 0 Å². The maximum Gasteiger partial charge on any atom is 0.203 e. The third kappa shape index (κ3) is 1.66. The number of benzene rings is 1. The molecule has 0 saturated carbocycles.